The van der Waals surface area contributed by atoms with Crippen LogP contribution in [0.25, 0.3) is 11.1 Å². The van der Waals surface area contributed by atoms with Crippen molar-refractivity contribution in [1.29, 1.82) is 0 Å². The summed E-state index contributed by atoms with van der Waals surface area (Å²) in [6.07, 6.45) is 1.61. The van der Waals surface area contributed by atoms with Crippen molar-refractivity contribution in [2.75, 3.05) is 23.3 Å². The van der Waals surface area contributed by atoms with Crippen molar-refractivity contribution in [3.8, 4) is 0 Å². The lowest BCUT2D eigenvalue weighted by Crippen LogP contribution is -2.39. The molecular formula is C23H28N4O2. The molecule has 0 atom stereocenters. The van der Waals surface area contributed by atoms with Gasteiger partial charge in [0.25, 0.3) is 0 Å². The smallest absolute Gasteiger partial charge is 0.231 e. The van der Waals surface area contributed by atoms with E-state index in [0.717, 1.165) is 65.3 Å². The highest BCUT2D eigenvalue weighted by atomic mass is 16.3. The Kier molecular flexibility index (Phi) is 5.03. The fraction of sp³-hybridized carbons (Fsp3) is 0.435. The predicted molar refractivity (Wildman–Crippen MR) is 115 cm³/mol. The van der Waals surface area contributed by atoms with E-state index in [1.807, 2.05) is 52.8 Å². The van der Waals surface area contributed by atoms with Crippen molar-refractivity contribution in [2.24, 2.45) is 5.92 Å². The molecule has 1 aromatic carbocycles. The van der Waals surface area contributed by atoms with Gasteiger partial charge in [-0.1, -0.05) is 18.2 Å². The zero-order valence-corrected chi connectivity index (χ0v) is 17.8. The highest BCUT2D eigenvalue weighted by molar-refractivity contribution is 5.94. The van der Waals surface area contributed by atoms with Gasteiger partial charge in [0.05, 0.1) is 5.39 Å². The molecule has 2 aromatic heterocycles. The number of piperidine rings is 1. The van der Waals surface area contributed by atoms with Crippen LogP contribution in [0.2, 0.25) is 0 Å². The standard InChI is InChI=1S/C23H28N4O2/c1-13-7-6-8-14(2)20(13)26-22(28)18-9-11-27(12-10-18)21-19-15(3)16(4)29-23(19)25-17(5)24-21/h6-8,18H,9-12H2,1-5H3,(H,26,28). The van der Waals surface area contributed by atoms with E-state index in [9.17, 15) is 4.79 Å². The van der Waals surface area contributed by atoms with Crippen LogP contribution in [-0.2, 0) is 4.79 Å². The van der Waals surface area contributed by atoms with E-state index in [0.29, 0.717) is 11.5 Å². The highest BCUT2D eigenvalue weighted by Crippen LogP contribution is 2.33. The normalized spacial score (nSPS) is 15.1. The molecule has 6 heteroatoms. The van der Waals surface area contributed by atoms with Crippen LogP contribution in [0.4, 0.5) is 11.5 Å². The molecule has 1 saturated heterocycles. The molecule has 3 heterocycles. The first-order valence-corrected chi connectivity index (χ1v) is 10.2. The van der Waals surface area contributed by atoms with Gasteiger partial charge >= 0.3 is 0 Å². The molecule has 1 fully saturated rings. The summed E-state index contributed by atoms with van der Waals surface area (Å²) in [6.45, 7) is 11.5. The number of rotatable bonds is 3. The molecule has 3 aromatic rings. The number of amides is 1. The number of hydrogen-bond acceptors (Lipinski definition) is 5. The maximum absolute atomic E-state index is 12.9. The van der Waals surface area contributed by atoms with Crippen LogP contribution in [-0.4, -0.2) is 29.0 Å². The van der Waals surface area contributed by atoms with Crippen molar-refractivity contribution >= 4 is 28.5 Å². The van der Waals surface area contributed by atoms with Gasteiger partial charge < -0.3 is 14.6 Å². The monoisotopic (exact) mass is 392 g/mol. The molecule has 0 bridgehead atoms. The summed E-state index contributed by atoms with van der Waals surface area (Å²) in [6, 6.07) is 6.08. The maximum atomic E-state index is 12.9. The predicted octanol–water partition coefficient (Wildman–Crippen LogP) is 4.62. The lowest BCUT2D eigenvalue weighted by Gasteiger charge is -2.32. The van der Waals surface area contributed by atoms with Gasteiger partial charge in [0.1, 0.15) is 17.4 Å². The van der Waals surface area contributed by atoms with E-state index >= 15 is 0 Å². The van der Waals surface area contributed by atoms with Gasteiger partial charge in [-0.05, 0) is 58.6 Å². The Hall–Kier alpha value is -2.89. The minimum Gasteiger partial charge on any atom is -0.443 e. The molecule has 152 valence electrons. The van der Waals surface area contributed by atoms with Crippen molar-refractivity contribution in [3.63, 3.8) is 0 Å². The van der Waals surface area contributed by atoms with Gasteiger partial charge in [-0.15, -0.1) is 0 Å². The number of anilines is 2. The van der Waals surface area contributed by atoms with E-state index in [4.69, 9.17) is 9.40 Å². The zero-order valence-electron chi connectivity index (χ0n) is 17.8. The molecule has 1 aliphatic heterocycles. The number of aryl methyl sites for hydroxylation is 5. The maximum Gasteiger partial charge on any atom is 0.231 e. The summed E-state index contributed by atoms with van der Waals surface area (Å²) in [5, 5.41) is 4.15. The van der Waals surface area contributed by atoms with Gasteiger partial charge in [0, 0.05) is 30.3 Å². The van der Waals surface area contributed by atoms with Crippen molar-refractivity contribution in [2.45, 2.75) is 47.5 Å². The summed E-state index contributed by atoms with van der Waals surface area (Å²) in [4.78, 5) is 24.3. The van der Waals surface area contributed by atoms with Crippen molar-refractivity contribution in [1.82, 2.24) is 9.97 Å². The molecule has 1 amide bonds. The van der Waals surface area contributed by atoms with Crippen LogP contribution < -0.4 is 10.2 Å². The second-order valence-electron chi connectivity index (χ2n) is 8.08. The summed E-state index contributed by atoms with van der Waals surface area (Å²) in [5.74, 6) is 2.63. The lowest BCUT2D eigenvalue weighted by molar-refractivity contribution is -0.120. The van der Waals surface area contributed by atoms with Crippen molar-refractivity contribution < 1.29 is 9.21 Å². The van der Waals surface area contributed by atoms with Gasteiger partial charge in [0.15, 0.2) is 0 Å². The molecule has 0 saturated carbocycles. The van der Waals surface area contributed by atoms with Gasteiger partial charge in [-0.25, -0.2) is 4.98 Å². The molecule has 0 unspecified atom stereocenters. The second-order valence-corrected chi connectivity index (χ2v) is 8.08. The molecule has 1 N–H and O–H groups in total. The fourth-order valence-electron chi connectivity index (χ4n) is 4.15. The van der Waals surface area contributed by atoms with E-state index in [-0.39, 0.29) is 11.8 Å². The first-order chi connectivity index (χ1) is 13.8. The average Bonchev–Trinajstić information content (AvgIpc) is 2.97. The minimum absolute atomic E-state index is 0.0101. The third-order valence-corrected chi connectivity index (χ3v) is 6.02. The Labute approximate surface area is 171 Å². The van der Waals surface area contributed by atoms with Crippen LogP contribution >= 0.6 is 0 Å². The number of aromatic nitrogens is 2. The minimum atomic E-state index is 0.0101. The number of para-hydroxylation sites is 1. The first kappa shape index (κ1) is 19.4. The SMILES string of the molecule is Cc1nc(N2CCC(C(=O)Nc3c(C)cccc3C)CC2)c2c(C)c(C)oc2n1. The van der Waals surface area contributed by atoms with Crippen LogP contribution in [0.15, 0.2) is 22.6 Å². The Morgan fingerprint density at radius 3 is 2.38 bits per heavy atom. The number of furan rings is 1. The number of carbonyl (C=O) groups is 1. The van der Waals surface area contributed by atoms with E-state index in [2.05, 4.69) is 15.2 Å². The molecule has 1 aliphatic rings. The van der Waals surface area contributed by atoms with Crippen LogP contribution in [0.3, 0.4) is 0 Å². The third kappa shape index (κ3) is 3.59. The van der Waals surface area contributed by atoms with Gasteiger partial charge in [-0.2, -0.15) is 4.98 Å². The summed E-state index contributed by atoms with van der Waals surface area (Å²) in [5.41, 5.74) is 4.88. The fourth-order valence-corrected chi connectivity index (χ4v) is 4.15. The Morgan fingerprint density at radius 2 is 1.72 bits per heavy atom. The van der Waals surface area contributed by atoms with Gasteiger partial charge in [-0.3, -0.25) is 4.79 Å². The molecule has 0 radical (unpaired) electrons. The Morgan fingerprint density at radius 1 is 1.07 bits per heavy atom. The quantitative estimate of drug-likeness (QED) is 0.704. The molecule has 0 spiro atoms. The molecule has 0 aliphatic carbocycles. The van der Waals surface area contributed by atoms with Crippen LogP contribution in [0.5, 0.6) is 0 Å². The number of carbonyl (C=O) groups excluding carboxylic acids is 1. The average molecular weight is 393 g/mol. The Bertz CT molecular complexity index is 1060. The molecule has 4 rings (SSSR count). The lowest BCUT2D eigenvalue weighted by atomic mass is 9.95. The second kappa shape index (κ2) is 7.50. The number of benzene rings is 1. The highest BCUT2D eigenvalue weighted by Gasteiger charge is 2.28. The van der Waals surface area contributed by atoms with E-state index in [1.54, 1.807) is 0 Å². The summed E-state index contributed by atoms with van der Waals surface area (Å²) < 4.78 is 5.82. The largest absolute Gasteiger partial charge is 0.443 e. The number of nitrogens with zero attached hydrogens (tertiary/aromatic N) is 3. The summed E-state index contributed by atoms with van der Waals surface area (Å²) in [7, 11) is 0. The molecule has 6 nitrogen and oxygen atoms in total. The number of hydrogen-bond donors (Lipinski definition) is 1. The number of nitrogens with one attached hydrogen (secondary N) is 1. The molecule has 29 heavy (non-hydrogen) atoms. The third-order valence-electron chi connectivity index (χ3n) is 6.02. The summed E-state index contributed by atoms with van der Waals surface area (Å²) >= 11 is 0. The first-order valence-electron chi connectivity index (χ1n) is 10.2. The molecular weight excluding hydrogens is 364 g/mol. The van der Waals surface area contributed by atoms with Crippen LogP contribution in [0, 0.1) is 40.5 Å². The van der Waals surface area contributed by atoms with Gasteiger partial charge in [0.2, 0.25) is 11.6 Å². The number of fused-ring (bicyclic) bond motifs is 1. The van der Waals surface area contributed by atoms with E-state index in [1.165, 1.54) is 0 Å². The van der Waals surface area contributed by atoms with Crippen molar-refractivity contribution in [3.05, 3.63) is 46.5 Å². The Balaban J connectivity index is 1.50. The van der Waals surface area contributed by atoms with Crippen LogP contribution in [0.1, 0.15) is 41.1 Å². The zero-order chi connectivity index (χ0) is 20.7. The van der Waals surface area contributed by atoms with E-state index < -0.39 is 0 Å². The topological polar surface area (TPSA) is 71.3 Å².